The molecule has 0 saturated heterocycles. The van der Waals surface area contributed by atoms with Gasteiger partial charge in [0.1, 0.15) is 17.4 Å². The summed E-state index contributed by atoms with van der Waals surface area (Å²) in [6, 6.07) is 5.18. The third-order valence-corrected chi connectivity index (χ3v) is 3.83. The number of ether oxygens (including phenoxy) is 1. The van der Waals surface area contributed by atoms with Crippen LogP contribution < -0.4 is 26.6 Å². The largest absolute Gasteiger partial charge is 0.484 e. The minimum absolute atomic E-state index is 0.0789. The summed E-state index contributed by atoms with van der Waals surface area (Å²) < 4.78 is 19.4. The zero-order valence-electron chi connectivity index (χ0n) is 14.6. The van der Waals surface area contributed by atoms with Crippen molar-refractivity contribution in [3.8, 4) is 5.75 Å². The van der Waals surface area contributed by atoms with Gasteiger partial charge in [0.15, 0.2) is 12.3 Å². The number of halogens is 1. The van der Waals surface area contributed by atoms with Gasteiger partial charge in [0.25, 0.3) is 11.5 Å². The highest BCUT2D eigenvalue weighted by atomic mass is 19.1. The summed E-state index contributed by atoms with van der Waals surface area (Å²) in [7, 11) is 1.37. The van der Waals surface area contributed by atoms with E-state index < -0.39 is 23.0 Å². The average molecular weight is 364 g/mol. The third kappa shape index (κ3) is 4.29. The first kappa shape index (κ1) is 19.2. The Kier molecular flexibility index (Phi) is 6.16. The number of hydrogen-bond donors (Lipinski definition) is 2. The predicted molar refractivity (Wildman–Crippen MR) is 95.9 cm³/mol. The molecule has 3 N–H and O–H groups in total. The first-order valence-electron chi connectivity index (χ1n) is 8.12. The van der Waals surface area contributed by atoms with Crippen LogP contribution in [0.1, 0.15) is 19.8 Å². The fourth-order valence-electron chi connectivity index (χ4n) is 2.34. The lowest BCUT2D eigenvalue weighted by Crippen LogP contribution is -2.40. The van der Waals surface area contributed by atoms with Gasteiger partial charge in [-0.05, 0) is 30.7 Å². The van der Waals surface area contributed by atoms with Crippen molar-refractivity contribution < 1.29 is 13.9 Å². The van der Waals surface area contributed by atoms with Crippen molar-refractivity contribution >= 4 is 17.4 Å². The number of unbranched alkanes of at least 4 members (excludes halogenated alkanes) is 1. The van der Waals surface area contributed by atoms with Gasteiger partial charge in [-0.25, -0.2) is 9.18 Å². The number of amides is 1. The summed E-state index contributed by atoms with van der Waals surface area (Å²) in [5.74, 6) is -0.741. The number of carbonyl (C=O) groups is 1. The number of hydrogen-bond acceptors (Lipinski definition) is 5. The Morgan fingerprint density at radius 3 is 2.58 bits per heavy atom. The smallest absolute Gasteiger partial charge is 0.330 e. The minimum atomic E-state index is -0.752. The van der Waals surface area contributed by atoms with E-state index in [0.717, 1.165) is 11.3 Å². The standard InChI is InChI=1S/C17H21FN4O4/c1-3-4-9-22-15(19)14(16(24)20-17(22)25)21(2)13(23)10-26-12-7-5-11(18)6-8-12/h5-8H,3-4,9-10,19H2,1-2H3,(H,20,24,25). The molecule has 0 spiro atoms. The first-order chi connectivity index (χ1) is 12.3. The van der Waals surface area contributed by atoms with Crippen LogP contribution in [0.3, 0.4) is 0 Å². The summed E-state index contributed by atoms with van der Waals surface area (Å²) in [6.45, 7) is 1.91. The number of benzene rings is 1. The summed E-state index contributed by atoms with van der Waals surface area (Å²) in [5, 5.41) is 0. The van der Waals surface area contributed by atoms with Gasteiger partial charge < -0.3 is 15.4 Å². The molecule has 0 unspecified atom stereocenters. The molecule has 1 amide bonds. The zero-order valence-corrected chi connectivity index (χ0v) is 14.6. The Balaban J connectivity index is 2.20. The number of aromatic nitrogens is 2. The molecule has 0 radical (unpaired) electrons. The van der Waals surface area contributed by atoms with Crippen molar-refractivity contribution in [3.05, 3.63) is 50.9 Å². The molecule has 0 aliphatic rings. The lowest BCUT2D eigenvalue weighted by atomic mass is 10.3. The summed E-state index contributed by atoms with van der Waals surface area (Å²) in [6.07, 6.45) is 1.53. The van der Waals surface area contributed by atoms with E-state index >= 15 is 0 Å². The fraction of sp³-hybridized carbons (Fsp3) is 0.353. The van der Waals surface area contributed by atoms with E-state index in [1.807, 2.05) is 6.92 Å². The van der Waals surface area contributed by atoms with Crippen LogP contribution in [0.15, 0.2) is 33.9 Å². The van der Waals surface area contributed by atoms with Gasteiger partial charge in [0.2, 0.25) is 0 Å². The molecule has 2 rings (SSSR count). The van der Waals surface area contributed by atoms with Crippen molar-refractivity contribution in [1.29, 1.82) is 0 Å². The van der Waals surface area contributed by atoms with Crippen molar-refractivity contribution in [2.45, 2.75) is 26.3 Å². The second-order valence-electron chi connectivity index (χ2n) is 5.69. The molecule has 0 aliphatic carbocycles. The molecule has 8 nitrogen and oxygen atoms in total. The molecule has 26 heavy (non-hydrogen) atoms. The van der Waals surface area contributed by atoms with Crippen LogP contribution in [0.4, 0.5) is 15.9 Å². The van der Waals surface area contributed by atoms with Gasteiger partial charge in [-0.3, -0.25) is 19.1 Å². The molecule has 1 heterocycles. The van der Waals surface area contributed by atoms with Gasteiger partial charge in [-0.15, -0.1) is 0 Å². The van der Waals surface area contributed by atoms with Crippen LogP contribution in [-0.4, -0.2) is 29.1 Å². The normalized spacial score (nSPS) is 10.6. The number of anilines is 2. The second kappa shape index (κ2) is 8.32. The van der Waals surface area contributed by atoms with E-state index in [-0.39, 0.29) is 18.1 Å². The van der Waals surface area contributed by atoms with Crippen LogP contribution in [-0.2, 0) is 11.3 Å². The first-order valence-corrected chi connectivity index (χ1v) is 8.12. The molecule has 0 bridgehead atoms. The molecule has 1 aromatic carbocycles. The average Bonchev–Trinajstić information content (AvgIpc) is 2.60. The van der Waals surface area contributed by atoms with Gasteiger partial charge in [-0.1, -0.05) is 13.3 Å². The molecule has 0 atom stereocenters. The van der Waals surface area contributed by atoms with Crippen LogP contribution in [0, 0.1) is 5.82 Å². The third-order valence-electron chi connectivity index (χ3n) is 3.83. The monoisotopic (exact) mass is 364 g/mol. The van der Waals surface area contributed by atoms with E-state index in [1.54, 1.807) is 0 Å². The Hall–Kier alpha value is -3.10. The quantitative estimate of drug-likeness (QED) is 0.764. The zero-order chi connectivity index (χ0) is 19.3. The van der Waals surface area contributed by atoms with E-state index in [9.17, 15) is 18.8 Å². The van der Waals surface area contributed by atoms with Crippen molar-refractivity contribution in [1.82, 2.24) is 9.55 Å². The van der Waals surface area contributed by atoms with E-state index in [1.165, 1.54) is 35.9 Å². The molecular weight excluding hydrogens is 343 g/mol. The molecule has 1 aromatic heterocycles. The van der Waals surface area contributed by atoms with Crippen molar-refractivity contribution in [2.75, 3.05) is 24.3 Å². The predicted octanol–water partition coefficient (Wildman–Crippen LogP) is 1.10. The van der Waals surface area contributed by atoms with Gasteiger partial charge in [-0.2, -0.15) is 0 Å². The number of nitrogens with two attached hydrogens (primary N) is 1. The second-order valence-corrected chi connectivity index (χ2v) is 5.69. The highest BCUT2D eigenvalue weighted by molar-refractivity contribution is 5.96. The van der Waals surface area contributed by atoms with Crippen molar-refractivity contribution in [2.24, 2.45) is 0 Å². The molecular formula is C17H21FN4O4. The maximum atomic E-state index is 12.9. The number of nitrogens with one attached hydrogen (secondary N) is 1. The summed E-state index contributed by atoms with van der Waals surface area (Å²) in [5.41, 5.74) is 4.47. The Bertz CT molecular complexity index is 889. The lowest BCUT2D eigenvalue weighted by Gasteiger charge is -2.20. The highest BCUT2D eigenvalue weighted by Crippen LogP contribution is 2.16. The fourth-order valence-corrected chi connectivity index (χ4v) is 2.34. The number of rotatable bonds is 7. The number of carbonyl (C=O) groups excluding carboxylic acids is 1. The van der Waals surface area contributed by atoms with Crippen LogP contribution in [0.5, 0.6) is 5.75 Å². The van der Waals surface area contributed by atoms with Gasteiger partial charge in [0, 0.05) is 13.6 Å². The molecule has 0 aliphatic heterocycles. The summed E-state index contributed by atoms with van der Waals surface area (Å²) >= 11 is 0. The SMILES string of the molecule is CCCCn1c(N)c(N(C)C(=O)COc2ccc(F)cc2)c(=O)[nH]c1=O. The molecule has 140 valence electrons. The minimum Gasteiger partial charge on any atom is -0.484 e. The summed E-state index contributed by atoms with van der Waals surface area (Å²) in [4.78, 5) is 39.6. The number of nitrogen functional groups attached to an aromatic ring is 1. The number of aromatic amines is 1. The van der Waals surface area contributed by atoms with Crippen LogP contribution in [0.25, 0.3) is 0 Å². The van der Waals surface area contributed by atoms with Crippen LogP contribution >= 0.6 is 0 Å². The van der Waals surface area contributed by atoms with Gasteiger partial charge >= 0.3 is 5.69 Å². The highest BCUT2D eigenvalue weighted by Gasteiger charge is 2.21. The Labute approximate surface area is 149 Å². The number of likely N-dealkylation sites (N-methyl/N-ethyl adjacent to an activating group) is 1. The lowest BCUT2D eigenvalue weighted by molar-refractivity contribution is -0.120. The van der Waals surface area contributed by atoms with E-state index in [2.05, 4.69) is 4.98 Å². The van der Waals surface area contributed by atoms with Gasteiger partial charge in [0.05, 0.1) is 0 Å². The topological polar surface area (TPSA) is 110 Å². The van der Waals surface area contributed by atoms with Crippen LogP contribution in [0.2, 0.25) is 0 Å². The Morgan fingerprint density at radius 1 is 1.31 bits per heavy atom. The molecule has 9 heteroatoms. The maximum absolute atomic E-state index is 12.9. The molecule has 0 fully saturated rings. The van der Waals surface area contributed by atoms with E-state index in [0.29, 0.717) is 18.7 Å². The Morgan fingerprint density at radius 2 is 1.96 bits per heavy atom. The number of H-pyrrole nitrogens is 1. The number of nitrogens with zero attached hydrogens (tertiary/aromatic N) is 2. The van der Waals surface area contributed by atoms with E-state index in [4.69, 9.17) is 10.5 Å². The van der Waals surface area contributed by atoms with Crippen molar-refractivity contribution in [3.63, 3.8) is 0 Å². The maximum Gasteiger partial charge on any atom is 0.330 e. The molecule has 0 saturated carbocycles. The molecule has 2 aromatic rings.